The predicted octanol–water partition coefficient (Wildman–Crippen LogP) is 1.96. The van der Waals surface area contributed by atoms with Crippen molar-refractivity contribution in [1.29, 1.82) is 0 Å². The third-order valence-corrected chi connectivity index (χ3v) is 2.38. The van der Waals surface area contributed by atoms with E-state index in [1.54, 1.807) is 19.1 Å². The van der Waals surface area contributed by atoms with Gasteiger partial charge < -0.3 is 5.73 Å². The summed E-state index contributed by atoms with van der Waals surface area (Å²) in [6.07, 6.45) is 0. The zero-order valence-electron chi connectivity index (χ0n) is 7.99. The van der Waals surface area contributed by atoms with Gasteiger partial charge in [0.05, 0.1) is 5.69 Å². The molecule has 0 fully saturated rings. The van der Waals surface area contributed by atoms with Crippen molar-refractivity contribution in [1.82, 2.24) is 14.8 Å². The molecule has 1 aromatic carbocycles. The molecule has 0 atom stereocenters. The lowest BCUT2D eigenvalue weighted by atomic mass is 10.2. The van der Waals surface area contributed by atoms with Crippen LogP contribution in [0.25, 0.3) is 5.69 Å². The minimum atomic E-state index is -0.376. The largest absolute Gasteiger partial charge is 0.368 e. The van der Waals surface area contributed by atoms with Gasteiger partial charge in [0.25, 0.3) is 0 Å². The van der Waals surface area contributed by atoms with Gasteiger partial charge in [0.1, 0.15) is 5.82 Å². The fourth-order valence-electron chi connectivity index (χ4n) is 1.43. The third-order valence-electron chi connectivity index (χ3n) is 2.11. The van der Waals surface area contributed by atoms with E-state index in [-0.39, 0.29) is 16.5 Å². The smallest absolute Gasteiger partial charge is 0.225 e. The zero-order valence-corrected chi connectivity index (χ0v) is 8.81. The van der Waals surface area contributed by atoms with E-state index in [1.165, 1.54) is 10.6 Å². The molecular weight excluding hydrogens is 215 g/mol. The Bertz CT molecular complexity index is 537. The Morgan fingerprint density at radius 3 is 2.80 bits per heavy atom. The molecule has 1 aromatic heterocycles. The molecule has 0 radical (unpaired) electrons. The summed E-state index contributed by atoms with van der Waals surface area (Å²) in [5, 5.41) is 6.25. The number of aromatic nitrogens is 3. The molecule has 0 saturated heterocycles. The lowest BCUT2D eigenvalue weighted by molar-refractivity contribution is 0.616. The van der Waals surface area contributed by atoms with Crippen LogP contribution in [-0.4, -0.2) is 14.8 Å². The molecule has 78 valence electrons. The summed E-state index contributed by atoms with van der Waals surface area (Å²) in [6, 6.07) is 4.78. The molecule has 4 nitrogen and oxygen atoms in total. The van der Waals surface area contributed by atoms with Crippen LogP contribution in [0.2, 0.25) is 0 Å². The molecular formula is C9H9FN4S. The summed E-state index contributed by atoms with van der Waals surface area (Å²) in [7, 11) is 0. The molecule has 2 aromatic rings. The van der Waals surface area contributed by atoms with Gasteiger partial charge in [-0.05, 0) is 30.8 Å². The molecule has 15 heavy (non-hydrogen) atoms. The molecule has 3 N–H and O–H groups in total. The van der Waals surface area contributed by atoms with Gasteiger partial charge in [-0.15, -0.1) is 5.10 Å². The lowest BCUT2D eigenvalue weighted by Gasteiger charge is -2.08. The van der Waals surface area contributed by atoms with E-state index in [0.717, 1.165) is 5.56 Å². The van der Waals surface area contributed by atoms with E-state index in [4.69, 9.17) is 18.0 Å². The third kappa shape index (κ3) is 1.52. The molecule has 0 aliphatic heterocycles. The van der Waals surface area contributed by atoms with Gasteiger partial charge in [-0.3, -0.25) is 4.57 Å². The molecule has 0 unspecified atom stereocenters. The number of aromatic amines is 1. The number of benzene rings is 1. The second kappa shape index (κ2) is 3.47. The van der Waals surface area contributed by atoms with Gasteiger partial charge in [-0.2, -0.15) is 0 Å². The number of nitrogen functional groups attached to an aromatic ring is 1. The molecule has 1 heterocycles. The van der Waals surface area contributed by atoms with E-state index in [1.807, 2.05) is 0 Å². The molecule has 0 amide bonds. The average Bonchev–Trinajstić information content (AvgIpc) is 2.49. The minimum absolute atomic E-state index is 0.146. The number of rotatable bonds is 1. The van der Waals surface area contributed by atoms with Crippen molar-refractivity contribution in [2.24, 2.45) is 0 Å². The van der Waals surface area contributed by atoms with Crippen molar-refractivity contribution in [2.75, 3.05) is 5.73 Å². The molecule has 0 bridgehead atoms. The first-order chi connectivity index (χ1) is 7.11. The van der Waals surface area contributed by atoms with Crippen LogP contribution in [-0.2, 0) is 0 Å². The van der Waals surface area contributed by atoms with E-state index >= 15 is 0 Å². The van der Waals surface area contributed by atoms with Crippen LogP contribution in [0.3, 0.4) is 0 Å². The van der Waals surface area contributed by atoms with E-state index in [2.05, 4.69) is 10.2 Å². The predicted molar refractivity (Wildman–Crippen MR) is 57.9 cm³/mol. The number of halogens is 1. The number of anilines is 1. The summed E-state index contributed by atoms with van der Waals surface area (Å²) >= 11 is 4.97. The Labute approximate surface area is 90.5 Å². The van der Waals surface area contributed by atoms with Crippen molar-refractivity contribution < 1.29 is 4.39 Å². The maximum Gasteiger partial charge on any atom is 0.225 e. The highest BCUT2D eigenvalue weighted by Gasteiger charge is 2.11. The summed E-state index contributed by atoms with van der Waals surface area (Å²) in [5.41, 5.74) is 6.69. The average molecular weight is 224 g/mol. The van der Waals surface area contributed by atoms with Crippen LogP contribution >= 0.6 is 12.2 Å². The van der Waals surface area contributed by atoms with Gasteiger partial charge in [-0.1, -0.05) is 12.1 Å². The quantitative estimate of drug-likeness (QED) is 0.728. The first-order valence-electron chi connectivity index (χ1n) is 4.29. The molecule has 2 rings (SSSR count). The minimum Gasteiger partial charge on any atom is -0.368 e. The fraction of sp³-hybridized carbons (Fsp3) is 0.111. The lowest BCUT2D eigenvalue weighted by Crippen LogP contribution is -2.05. The number of aryl methyl sites for hydroxylation is 1. The van der Waals surface area contributed by atoms with Crippen molar-refractivity contribution in [3.8, 4) is 5.69 Å². The van der Waals surface area contributed by atoms with Gasteiger partial charge in [0, 0.05) is 0 Å². The first-order valence-corrected chi connectivity index (χ1v) is 4.70. The Morgan fingerprint density at radius 1 is 1.53 bits per heavy atom. The van der Waals surface area contributed by atoms with Crippen LogP contribution in [0.4, 0.5) is 10.3 Å². The highest BCUT2D eigenvalue weighted by molar-refractivity contribution is 7.71. The van der Waals surface area contributed by atoms with Crippen LogP contribution < -0.4 is 5.73 Å². The molecule has 0 aliphatic rings. The Hall–Kier alpha value is -1.69. The number of H-pyrrole nitrogens is 1. The Balaban J connectivity index is 2.80. The number of hydrogen-bond acceptors (Lipinski definition) is 3. The first kappa shape index (κ1) is 9.85. The van der Waals surface area contributed by atoms with Gasteiger partial charge >= 0.3 is 0 Å². The Morgan fingerprint density at radius 2 is 2.27 bits per heavy atom. The summed E-state index contributed by atoms with van der Waals surface area (Å²) in [4.78, 5) is 0. The topological polar surface area (TPSA) is 59.6 Å². The summed E-state index contributed by atoms with van der Waals surface area (Å²) in [6.45, 7) is 1.78. The Kier molecular flexibility index (Phi) is 2.28. The molecule has 0 spiro atoms. The highest BCUT2D eigenvalue weighted by Crippen LogP contribution is 2.20. The van der Waals surface area contributed by atoms with E-state index in [9.17, 15) is 4.39 Å². The number of nitrogens with one attached hydrogen (secondary N) is 1. The number of nitrogens with two attached hydrogens (primary N) is 1. The molecule has 0 saturated carbocycles. The van der Waals surface area contributed by atoms with Gasteiger partial charge in [0.15, 0.2) is 0 Å². The summed E-state index contributed by atoms with van der Waals surface area (Å²) < 4.78 is 15.3. The SMILES string of the molecule is Cc1cccc(F)c1-n1c(N)n[nH]c1=S. The van der Waals surface area contributed by atoms with E-state index in [0.29, 0.717) is 5.69 Å². The number of hydrogen-bond donors (Lipinski definition) is 2. The van der Waals surface area contributed by atoms with Gasteiger partial charge in [0.2, 0.25) is 10.7 Å². The van der Waals surface area contributed by atoms with Crippen LogP contribution in [0, 0.1) is 17.5 Å². The maximum absolute atomic E-state index is 13.6. The standard InChI is InChI=1S/C9H9FN4S/c1-5-3-2-4-6(10)7(5)14-8(11)12-13-9(14)15/h2-4H,1H3,(H2,11,12)(H,13,15). The van der Waals surface area contributed by atoms with Gasteiger partial charge in [-0.25, -0.2) is 9.49 Å². The van der Waals surface area contributed by atoms with Crippen molar-refractivity contribution in [3.63, 3.8) is 0 Å². The zero-order chi connectivity index (χ0) is 11.0. The van der Waals surface area contributed by atoms with Crippen molar-refractivity contribution >= 4 is 18.2 Å². The molecule has 0 aliphatic carbocycles. The van der Waals surface area contributed by atoms with Crippen molar-refractivity contribution in [3.05, 3.63) is 34.4 Å². The van der Waals surface area contributed by atoms with Crippen LogP contribution in [0.5, 0.6) is 0 Å². The normalized spacial score (nSPS) is 10.5. The monoisotopic (exact) mass is 224 g/mol. The number of para-hydroxylation sites is 1. The summed E-state index contributed by atoms with van der Waals surface area (Å²) in [5.74, 6) is -0.229. The van der Waals surface area contributed by atoms with Crippen LogP contribution in [0.15, 0.2) is 18.2 Å². The molecule has 6 heteroatoms. The maximum atomic E-state index is 13.6. The fourth-order valence-corrected chi connectivity index (χ4v) is 1.66. The number of nitrogens with zero attached hydrogens (tertiary/aromatic N) is 2. The van der Waals surface area contributed by atoms with Crippen LogP contribution in [0.1, 0.15) is 5.56 Å². The van der Waals surface area contributed by atoms with E-state index < -0.39 is 0 Å². The highest BCUT2D eigenvalue weighted by atomic mass is 32.1. The second-order valence-corrected chi connectivity index (χ2v) is 3.51. The van der Waals surface area contributed by atoms with Crippen molar-refractivity contribution in [2.45, 2.75) is 6.92 Å². The second-order valence-electron chi connectivity index (χ2n) is 3.13.